The molecule has 0 spiro atoms. The van der Waals surface area contributed by atoms with E-state index >= 15 is 0 Å². The van der Waals surface area contributed by atoms with Crippen LogP contribution in [0.5, 0.6) is 0 Å². The zero-order valence-corrected chi connectivity index (χ0v) is 8.94. The van der Waals surface area contributed by atoms with Crippen molar-refractivity contribution in [2.45, 2.75) is 4.90 Å². The van der Waals surface area contributed by atoms with E-state index in [-0.39, 0.29) is 6.07 Å². The summed E-state index contributed by atoms with van der Waals surface area (Å²) < 4.78 is 47.8. The summed E-state index contributed by atoms with van der Waals surface area (Å²) in [6.07, 6.45) is 0. The SMILES string of the molecule is NS(=O)(=O)c1c(F)c(F)cc(C(=O)O)c1Cl. The van der Waals surface area contributed by atoms with Crippen LogP contribution in [0.2, 0.25) is 5.02 Å². The van der Waals surface area contributed by atoms with Crippen LogP contribution in [0.25, 0.3) is 0 Å². The molecule has 0 aliphatic rings. The average molecular weight is 272 g/mol. The van der Waals surface area contributed by atoms with E-state index in [0.29, 0.717) is 0 Å². The molecule has 0 saturated heterocycles. The fourth-order valence-electron chi connectivity index (χ4n) is 0.986. The molecular weight excluding hydrogens is 268 g/mol. The molecule has 0 atom stereocenters. The van der Waals surface area contributed by atoms with Crippen LogP contribution < -0.4 is 5.14 Å². The van der Waals surface area contributed by atoms with E-state index in [1.165, 1.54) is 0 Å². The van der Waals surface area contributed by atoms with Gasteiger partial charge in [0.05, 0.1) is 10.6 Å². The highest BCUT2D eigenvalue weighted by molar-refractivity contribution is 7.89. The van der Waals surface area contributed by atoms with Crippen LogP contribution in [0, 0.1) is 11.6 Å². The lowest BCUT2D eigenvalue weighted by Crippen LogP contribution is -2.17. The molecule has 88 valence electrons. The molecule has 0 aromatic heterocycles. The number of sulfonamides is 1. The highest BCUT2D eigenvalue weighted by Gasteiger charge is 2.27. The van der Waals surface area contributed by atoms with Crippen LogP contribution in [0.4, 0.5) is 8.78 Å². The number of halogens is 3. The molecule has 0 aliphatic heterocycles. The Kier molecular flexibility index (Phi) is 3.17. The lowest BCUT2D eigenvalue weighted by atomic mass is 10.2. The molecule has 0 aliphatic carbocycles. The van der Waals surface area contributed by atoms with Gasteiger partial charge < -0.3 is 5.11 Å². The van der Waals surface area contributed by atoms with Gasteiger partial charge in [0.25, 0.3) is 0 Å². The maximum absolute atomic E-state index is 13.1. The van der Waals surface area contributed by atoms with Crippen molar-refractivity contribution in [1.29, 1.82) is 0 Å². The summed E-state index contributed by atoms with van der Waals surface area (Å²) >= 11 is 5.32. The minimum Gasteiger partial charge on any atom is -0.478 e. The first-order valence-electron chi connectivity index (χ1n) is 3.60. The van der Waals surface area contributed by atoms with Gasteiger partial charge in [0.15, 0.2) is 11.6 Å². The molecule has 0 radical (unpaired) electrons. The number of hydrogen-bond donors (Lipinski definition) is 2. The van der Waals surface area contributed by atoms with Crippen molar-refractivity contribution in [3.05, 3.63) is 28.3 Å². The summed E-state index contributed by atoms with van der Waals surface area (Å²) in [7, 11) is -4.65. The number of carboxylic acids is 1. The first-order valence-corrected chi connectivity index (χ1v) is 5.52. The number of hydrogen-bond acceptors (Lipinski definition) is 3. The van der Waals surface area contributed by atoms with E-state index in [1.54, 1.807) is 0 Å². The lowest BCUT2D eigenvalue weighted by molar-refractivity contribution is 0.0696. The van der Waals surface area contributed by atoms with Gasteiger partial charge in [0.2, 0.25) is 10.0 Å². The second-order valence-corrected chi connectivity index (χ2v) is 4.59. The first kappa shape index (κ1) is 12.8. The minimum absolute atomic E-state index is 0.272. The van der Waals surface area contributed by atoms with Crippen molar-refractivity contribution in [2.75, 3.05) is 0 Å². The van der Waals surface area contributed by atoms with Crippen LogP contribution in [0.3, 0.4) is 0 Å². The highest BCUT2D eigenvalue weighted by Crippen LogP contribution is 2.29. The summed E-state index contributed by atoms with van der Waals surface area (Å²) in [4.78, 5) is 9.19. The van der Waals surface area contributed by atoms with Crippen molar-refractivity contribution in [1.82, 2.24) is 0 Å². The molecule has 0 saturated carbocycles. The second-order valence-electron chi connectivity index (χ2n) is 2.71. The van der Waals surface area contributed by atoms with Crippen molar-refractivity contribution < 1.29 is 27.1 Å². The molecule has 5 nitrogen and oxygen atoms in total. The number of carbonyl (C=O) groups is 1. The first-order chi connectivity index (χ1) is 7.16. The van der Waals surface area contributed by atoms with Crippen molar-refractivity contribution in [3.8, 4) is 0 Å². The maximum Gasteiger partial charge on any atom is 0.337 e. The number of nitrogens with two attached hydrogens (primary N) is 1. The summed E-state index contributed by atoms with van der Waals surface area (Å²) in [5, 5.41) is 12.2. The zero-order valence-electron chi connectivity index (χ0n) is 7.37. The number of aromatic carboxylic acids is 1. The van der Waals surface area contributed by atoms with Crippen LogP contribution in [0.1, 0.15) is 10.4 Å². The summed E-state index contributed by atoms with van der Waals surface area (Å²) in [5.74, 6) is -5.17. The van der Waals surface area contributed by atoms with Gasteiger partial charge in [-0.1, -0.05) is 11.6 Å². The topological polar surface area (TPSA) is 97.5 Å². The standard InChI is InChI=1S/C7H4ClF2NO4S/c8-4-2(7(12)13)1-3(9)5(10)6(4)16(11,14)15/h1H,(H,12,13)(H2,11,14,15). The van der Waals surface area contributed by atoms with Gasteiger partial charge in [-0.3, -0.25) is 0 Å². The Bertz CT molecular complexity index is 572. The molecule has 1 aromatic rings. The van der Waals surface area contributed by atoms with Crippen LogP contribution in [-0.4, -0.2) is 19.5 Å². The number of rotatable bonds is 2. The number of benzene rings is 1. The zero-order chi connectivity index (χ0) is 12.7. The molecule has 0 amide bonds. The van der Waals surface area contributed by atoms with Gasteiger partial charge in [-0.15, -0.1) is 0 Å². The average Bonchev–Trinajstić information content (AvgIpc) is 2.08. The number of carboxylic acid groups (broad SMARTS) is 1. The molecule has 0 bridgehead atoms. The predicted molar refractivity (Wildman–Crippen MR) is 49.7 cm³/mol. The Balaban J connectivity index is 3.80. The van der Waals surface area contributed by atoms with Gasteiger partial charge in [-0.25, -0.2) is 27.1 Å². The second kappa shape index (κ2) is 3.96. The molecule has 1 aromatic carbocycles. The molecule has 0 unspecified atom stereocenters. The quantitative estimate of drug-likeness (QED) is 0.783. The summed E-state index contributed by atoms with van der Waals surface area (Å²) in [5.41, 5.74) is -0.885. The normalized spacial score (nSPS) is 11.5. The Hall–Kier alpha value is -1.25. The lowest BCUT2D eigenvalue weighted by Gasteiger charge is -2.07. The third kappa shape index (κ3) is 2.13. The van der Waals surface area contributed by atoms with Gasteiger partial charge in [-0.05, 0) is 6.07 Å². The molecule has 16 heavy (non-hydrogen) atoms. The molecule has 0 fully saturated rings. The van der Waals surface area contributed by atoms with Crippen molar-refractivity contribution in [3.63, 3.8) is 0 Å². The van der Waals surface area contributed by atoms with E-state index in [2.05, 4.69) is 5.14 Å². The van der Waals surface area contributed by atoms with Crippen LogP contribution in [0.15, 0.2) is 11.0 Å². The molecular formula is C7H4ClF2NO4S. The molecule has 0 heterocycles. The van der Waals surface area contributed by atoms with Crippen molar-refractivity contribution in [2.24, 2.45) is 5.14 Å². The monoisotopic (exact) mass is 271 g/mol. The largest absolute Gasteiger partial charge is 0.478 e. The van der Waals surface area contributed by atoms with E-state index in [0.717, 1.165) is 0 Å². The Labute approximate surface area is 93.5 Å². The van der Waals surface area contributed by atoms with Crippen molar-refractivity contribution >= 4 is 27.6 Å². The smallest absolute Gasteiger partial charge is 0.337 e. The van der Waals surface area contributed by atoms with E-state index in [4.69, 9.17) is 16.7 Å². The molecule has 1 rings (SSSR count). The van der Waals surface area contributed by atoms with Crippen LogP contribution in [-0.2, 0) is 10.0 Å². The fourth-order valence-corrected chi connectivity index (χ4v) is 2.23. The summed E-state index contributed by atoms with van der Waals surface area (Å²) in [6, 6.07) is 0.272. The van der Waals surface area contributed by atoms with E-state index in [1.807, 2.05) is 0 Å². The number of primary sulfonamides is 1. The third-order valence-corrected chi connectivity index (χ3v) is 3.09. The van der Waals surface area contributed by atoms with Gasteiger partial charge in [0, 0.05) is 0 Å². The van der Waals surface area contributed by atoms with Gasteiger partial charge >= 0.3 is 5.97 Å². The predicted octanol–water partition coefficient (Wildman–Crippen LogP) is 0.964. The summed E-state index contributed by atoms with van der Waals surface area (Å²) in [6.45, 7) is 0. The third-order valence-electron chi connectivity index (χ3n) is 1.63. The van der Waals surface area contributed by atoms with Crippen LogP contribution >= 0.6 is 11.6 Å². The highest BCUT2D eigenvalue weighted by atomic mass is 35.5. The molecule has 9 heteroatoms. The Morgan fingerprint density at radius 1 is 1.44 bits per heavy atom. The Morgan fingerprint density at radius 2 is 1.94 bits per heavy atom. The fraction of sp³-hybridized carbons (Fsp3) is 0. The van der Waals surface area contributed by atoms with E-state index in [9.17, 15) is 22.0 Å². The molecule has 3 N–H and O–H groups in total. The maximum atomic E-state index is 13.1. The minimum atomic E-state index is -4.65. The Morgan fingerprint density at radius 3 is 2.31 bits per heavy atom. The van der Waals surface area contributed by atoms with E-state index < -0.39 is 43.1 Å². The van der Waals surface area contributed by atoms with Gasteiger partial charge in [-0.2, -0.15) is 0 Å². The van der Waals surface area contributed by atoms with Gasteiger partial charge in [0.1, 0.15) is 4.90 Å².